The molecule has 0 saturated heterocycles. The summed E-state index contributed by atoms with van der Waals surface area (Å²) in [6.07, 6.45) is 7.90. The van der Waals surface area contributed by atoms with E-state index in [-0.39, 0.29) is 17.8 Å². The highest BCUT2D eigenvalue weighted by atomic mass is 16.4. The van der Waals surface area contributed by atoms with Gasteiger partial charge in [0.15, 0.2) is 5.69 Å². The first-order valence-electron chi connectivity index (χ1n) is 5.28. The van der Waals surface area contributed by atoms with E-state index in [1.807, 2.05) is 0 Å². The van der Waals surface area contributed by atoms with Crippen LogP contribution in [0.1, 0.15) is 17.4 Å². The quantitative estimate of drug-likeness (QED) is 0.636. The summed E-state index contributed by atoms with van der Waals surface area (Å²) >= 11 is 0. The number of nitrogens with one attached hydrogen (secondary N) is 2. The van der Waals surface area contributed by atoms with Gasteiger partial charge in [0.2, 0.25) is 0 Å². The minimum atomic E-state index is -1.08. The average molecular weight is 250 g/mol. The van der Waals surface area contributed by atoms with E-state index in [1.165, 1.54) is 12.5 Å². The largest absolute Gasteiger partial charge is 0.476 e. The van der Waals surface area contributed by atoms with Crippen molar-refractivity contribution in [3.05, 3.63) is 18.2 Å². The summed E-state index contributed by atoms with van der Waals surface area (Å²) in [6.45, 7) is 2.46. The molecule has 3 N–H and O–H groups in total. The normalized spacial score (nSPS) is 11.3. The van der Waals surface area contributed by atoms with Crippen LogP contribution in [0.5, 0.6) is 0 Å². The van der Waals surface area contributed by atoms with E-state index in [1.54, 1.807) is 11.5 Å². The summed E-state index contributed by atoms with van der Waals surface area (Å²) in [7, 11) is 0. The lowest BCUT2D eigenvalue weighted by molar-refractivity contribution is 0.0691. The first-order valence-corrected chi connectivity index (χ1v) is 5.28. The molecule has 7 heteroatoms. The average Bonchev–Trinajstić information content (AvgIpc) is 2.77. The van der Waals surface area contributed by atoms with Crippen LogP contribution in [0.2, 0.25) is 0 Å². The third-order valence-electron chi connectivity index (χ3n) is 2.11. The van der Waals surface area contributed by atoms with Crippen molar-refractivity contribution in [2.45, 2.75) is 19.5 Å². The molecular formula is C11H14N4O3. The molecule has 0 aliphatic heterocycles. The van der Waals surface area contributed by atoms with E-state index >= 15 is 0 Å². The molecule has 1 unspecified atom stereocenters. The Kier molecular flexibility index (Phi) is 4.75. The fraction of sp³-hybridized carbons (Fsp3) is 0.364. The van der Waals surface area contributed by atoms with Crippen LogP contribution in [0.3, 0.4) is 0 Å². The highest BCUT2D eigenvalue weighted by molar-refractivity contribution is 5.84. The Morgan fingerprint density at radius 3 is 2.94 bits per heavy atom. The number of carboxylic acid groups (broad SMARTS) is 1. The number of nitrogens with zero attached hydrogens (tertiary/aromatic N) is 2. The molecule has 0 bridgehead atoms. The molecule has 0 spiro atoms. The summed E-state index contributed by atoms with van der Waals surface area (Å²) in [5, 5.41) is 13.8. The molecule has 18 heavy (non-hydrogen) atoms. The van der Waals surface area contributed by atoms with Gasteiger partial charge in [-0.1, -0.05) is 5.92 Å². The highest BCUT2D eigenvalue weighted by Crippen LogP contribution is 1.95. The van der Waals surface area contributed by atoms with Gasteiger partial charge < -0.3 is 20.3 Å². The van der Waals surface area contributed by atoms with Crippen molar-refractivity contribution >= 4 is 12.0 Å². The maximum absolute atomic E-state index is 11.3. The molecular weight excluding hydrogens is 236 g/mol. The minimum absolute atomic E-state index is 0.0274. The second kappa shape index (κ2) is 6.30. The van der Waals surface area contributed by atoms with Crippen LogP contribution >= 0.6 is 0 Å². The fourth-order valence-corrected chi connectivity index (χ4v) is 1.18. The van der Waals surface area contributed by atoms with Gasteiger partial charge >= 0.3 is 12.0 Å². The Balaban J connectivity index is 2.31. The Morgan fingerprint density at radius 1 is 1.67 bits per heavy atom. The number of urea groups is 1. The van der Waals surface area contributed by atoms with Crippen LogP contribution in [0.4, 0.5) is 4.79 Å². The molecule has 0 saturated carbocycles. The topological polar surface area (TPSA) is 96.3 Å². The van der Waals surface area contributed by atoms with Gasteiger partial charge in [0.1, 0.15) is 0 Å². The second-order valence-corrected chi connectivity index (χ2v) is 3.59. The molecule has 0 aromatic carbocycles. The van der Waals surface area contributed by atoms with Gasteiger partial charge in [0.05, 0.1) is 12.4 Å². The Hall–Kier alpha value is -2.49. The molecule has 1 atom stereocenters. The lowest BCUT2D eigenvalue weighted by Crippen LogP contribution is -2.41. The van der Waals surface area contributed by atoms with Gasteiger partial charge in [0, 0.05) is 19.3 Å². The van der Waals surface area contributed by atoms with Crippen LogP contribution in [-0.2, 0) is 6.54 Å². The minimum Gasteiger partial charge on any atom is -0.476 e. The molecule has 1 rings (SSSR count). The standard InChI is InChI=1S/C11H14N4O3/c1-3-8(2)14-11(18)12-4-5-15-6-9(10(16)17)13-7-15/h1,6-8H,4-5H2,2H3,(H,16,17)(H2,12,14,18). The molecule has 0 fully saturated rings. The number of aromatic nitrogens is 2. The first kappa shape index (κ1) is 13.6. The van der Waals surface area contributed by atoms with Crippen LogP contribution in [0.15, 0.2) is 12.5 Å². The van der Waals surface area contributed by atoms with E-state index in [2.05, 4.69) is 21.5 Å². The number of aromatic carboxylic acids is 1. The molecule has 7 nitrogen and oxygen atoms in total. The Bertz CT molecular complexity index is 475. The number of carbonyl (C=O) groups is 2. The van der Waals surface area contributed by atoms with Crippen LogP contribution in [0.25, 0.3) is 0 Å². The summed E-state index contributed by atoms with van der Waals surface area (Å²) in [5.74, 6) is 1.29. The molecule has 0 radical (unpaired) electrons. The van der Waals surface area contributed by atoms with E-state index in [0.717, 1.165) is 0 Å². The van der Waals surface area contributed by atoms with Crippen molar-refractivity contribution in [1.82, 2.24) is 20.2 Å². The van der Waals surface area contributed by atoms with Crippen molar-refractivity contribution in [2.75, 3.05) is 6.54 Å². The summed E-state index contributed by atoms with van der Waals surface area (Å²) < 4.78 is 1.58. The molecule has 2 amide bonds. The summed E-state index contributed by atoms with van der Waals surface area (Å²) in [6, 6.07) is -0.698. The zero-order chi connectivity index (χ0) is 13.5. The third kappa shape index (κ3) is 4.17. The molecule has 1 aromatic rings. The molecule has 1 heterocycles. The van der Waals surface area contributed by atoms with Crippen molar-refractivity contribution in [1.29, 1.82) is 0 Å². The monoisotopic (exact) mass is 250 g/mol. The Labute approximate surface area is 104 Å². The van der Waals surface area contributed by atoms with Crippen molar-refractivity contribution in [3.63, 3.8) is 0 Å². The van der Waals surface area contributed by atoms with E-state index in [4.69, 9.17) is 11.5 Å². The van der Waals surface area contributed by atoms with Crippen LogP contribution in [-0.4, -0.2) is 39.2 Å². The number of terminal acetylenes is 1. The fourth-order valence-electron chi connectivity index (χ4n) is 1.18. The summed E-state index contributed by atoms with van der Waals surface area (Å²) in [4.78, 5) is 25.5. The number of rotatable bonds is 5. The molecule has 0 aliphatic carbocycles. The first-order chi connectivity index (χ1) is 8.52. The maximum atomic E-state index is 11.3. The number of hydrogen-bond donors (Lipinski definition) is 3. The predicted molar refractivity (Wildman–Crippen MR) is 64.0 cm³/mol. The van der Waals surface area contributed by atoms with Crippen molar-refractivity contribution < 1.29 is 14.7 Å². The number of hydrogen-bond acceptors (Lipinski definition) is 3. The molecule has 96 valence electrons. The predicted octanol–water partition coefficient (Wildman–Crippen LogP) is -0.0978. The highest BCUT2D eigenvalue weighted by Gasteiger charge is 2.07. The number of amides is 2. The SMILES string of the molecule is C#CC(C)NC(=O)NCCn1cnc(C(=O)O)c1. The molecule has 0 aliphatic rings. The van der Waals surface area contributed by atoms with Gasteiger partial charge in [-0.25, -0.2) is 14.6 Å². The van der Waals surface area contributed by atoms with Gasteiger partial charge in [-0.05, 0) is 6.92 Å². The summed E-state index contributed by atoms with van der Waals surface area (Å²) in [5.41, 5.74) is -0.0274. The van der Waals surface area contributed by atoms with Crippen LogP contribution < -0.4 is 10.6 Å². The van der Waals surface area contributed by atoms with E-state index in [9.17, 15) is 9.59 Å². The number of carboxylic acids is 1. The lowest BCUT2D eigenvalue weighted by atomic mass is 10.4. The van der Waals surface area contributed by atoms with E-state index in [0.29, 0.717) is 13.1 Å². The van der Waals surface area contributed by atoms with Crippen molar-refractivity contribution in [2.24, 2.45) is 0 Å². The zero-order valence-corrected chi connectivity index (χ0v) is 9.88. The van der Waals surface area contributed by atoms with E-state index < -0.39 is 5.97 Å². The van der Waals surface area contributed by atoms with Crippen LogP contribution in [0, 0.1) is 12.3 Å². The van der Waals surface area contributed by atoms with Crippen molar-refractivity contribution in [3.8, 4) is 12.3 Å². The second-order valence-electron chi connectivity index (χ2n) is 3.59. The van der Waals surface area contributed by atoms with Gasteiger partial charge in [-0.3, -0.25) is 0 Å². The number of imidazole rings is 1. The smallest absolute Gasteiger partial charge is 0.356 e. The Morgan fingerprint density at radius 2 is 2.39 bits per heavy atom. The molecule has 1 aromatic heterocycles. The number of carbonyl (C=O) groups excluding carboxylic acids is 1. The third-order valence-corrected chi connectivity index (χ3v) is 2.11. The van der Waals surface area contributed by atoms with Gasteiger partial charge in [-0.15, -0.1) is 6.42 Å². The zero-order valence-electron chi connectivity index (χ0n) is 9.88. The van der Waals surface area contributed by atoms with Gasteiger partial charge in [-0.2, -0.15) is 0 Å². The maximum Gasteiger partial charge on any atom is 0.356 e. The van der Waals surface area contributed by atoms with Gasteiger partial charge in [0.25, 0.3) is 0 Å². The lowest BCUT2D eigenvalue weighted by Gasteiger charge is -2.09.